The highest BCUT2D eigenvalue weighted by Gasteiger charge is 2.42. The van der Waals surface area contributed by atoms with E-state index in [1.54, 1.807) is 12.0 Å². The predicted molar refractivity (Wildman–Crippen MR) is 161 cm³/mol. The van der Waals surface area contributed by atoms with E-state index in [4.69, 9.17) is 24.0 Å². The van der Waals surface area contributed by atoms with Crippen LogP contribution in [0.5, 0.6) is 0 Å². The average molecular weight is 615 g/mol. The number of amides is 1. The number of allylic oxidation sites excluding steroid dienone is 2. The summed E-state index contributed by atoms with van der Waals surface area (Å²) in [6, 6.07) is 3.75. The van der Waals surface area contributed by atoms with E-state index in [1.807, 2.05) is 55.6 Å². The van der Waals surface area contributed by atoms with Crippen LogP contribution in [-0.2, 0) is 25.4 Å². The van der Waals surface area contributed by atoms with Crippen LogP contribution in [0.25, 0.3) is 10.9 Å². The second kappa shape index (κ2) is 12.3. The van der Waals surface area contributed by atoms with Gasteiger partial charge in [0.05, 0.1) is 38.5 Å². The topological polar surface area (TPSA) is 78.3 Å². The molecule has 1 amide bonds. The number of halogens is 2. The summed E-state index contributed by atoms with van der Waals surface area (Å²) < 4.78 is 53.6. The van der Waals surface area contributed by atoms with Crippen LogP contribution in [0.1, 0.15) is 76.8 Å². The van der Waals surface area contributed by atoms with Crippen molar-refractivity contribution in [1.29, 1.82) is 0 Å². The minimum Gasteiger partial charge on any atom is -0.501 e. The van der Waals surface area contributed by atoms with Crippen LogP contribution in [0.3, 0.4) is 0 Å². The molecule has 2 saturated heterocycles. The van der Waals surface area contributed by atoms with Crippen LogP contribution in [-0.4, -0.2) is 83.2 Å². The summed E-state index contributed by atoms with van der Waals surface area (Å²) >= 11 is 0. The lowest BCUT2D eigenvalue weighted by Gasteiger charge is -2.46. The van der Waals surface area contributed by atoms with E-state index in [-0.39, 0.29) is 43.0 Å². The molecule has 4 atom stereocenters. The van der Waals surface area contributed by atoms with Gasteiger partial charge in [0.2, 0.25) is 0 Å². The Balaban J connectivity index is 1.24. The van der Waals surface area contributed by atoms with Crippen molar-refractivity contribution < 1.29 is 32.5 Å². The van der Waals surface area contributed by atoms with Crippen molar-refractivity contribution in [1.82, 2.24) is 19.6 Å². The molecular weight excluding hydrogens is 570 g/mol. The highest BCUT2D eigenvalue weighted by Crippen LogP contribution is 2.46. The zero-order valence-electron chi connectivity index (χ0n) is 26.3. The van der Waals surface area contributed by atoms with Gasteiger partial charge in [0, 0.05) is 36.1 Å². The maximum Gasteiger partial charge on any atom is 0.410 e. The van der Waals surface area contributed by atoms with E-state index in [0.717, 1.165) is 47.9 Å². The van der Waals surface area contributed by atoms with Crippen LogP contribution in [0.15, 0.2) is 42.0 Å². The summed E-state index contributed by atoms with van der Waals surface area (Å²) in [5.74, 6) is 1.18. The van der Waals surface area contributed by atoms with E-state index in [1.165, 1.54) is 0 Å². The molecule has 0 radical (unpaired) electrons. The van der Waals surface area contributed by atoms with E-state index < -0.39 is 12.0 Å². The first kappa shape index (κ1) is 30.8. The first-order valence-electron chi connectivity index (χ1n) is 15.8. The fraction of sp³-hybridized carbons (Fsp3) is 0.636. The maximum atomic E-state index is 14.0. The number of fused-ring (bicyclic) bond motifs is 3. The first-order valence-corrected chi connectivity index (χ1v) is 15.8. The van der Waals surface area contributed by atoms with Crippen LogP contribution >= 0.6 is 0 Å². The SMILES string of the molecule is COC1=CC(OC2CN(C(=O)OC(C)(C)C)C2)=CCC1[C@@H]1c2ccc3c(cnn3C3CCCCO3)c2C[C@@H](C)N1CC(F)F. The van der Waals surface area contributed by atoms with Crippen molar-refractivity contribution in [3.63, 3.8) is 0 Å². The molecule has 0 bridgehead atoms. The number of aromatic nitrogens is 2. The molecular formula is C33H44F2N4O5. The zero-order chi connectivity index (χ0) is 31.2. The molecule has 11 heteroatoms. The summed E-state index contributed by atoms with van der Waals surface area (Å²) in [6.45, 7) is 8.85. The van der Waals surface area contributed by atoms with Gasteiger partial charge in [-0.2, -0.15) is 5.10 Å². The predicted octanol–water partition coefficient (Wildman–Crippen LogP) is 6.36. The lowest BCUT2D eigenvalue weighted by molar-refractivity contribution is -0.0409. The van der Waals surface area contributed by atoms with Crippen LogP contribution in [0.2, 0.25) is 0 Å². The summed E-state index contributed by atoms with van der Waals surface area (Å²) in [6.07, 6.45) is 7.09. The molecule has 2 aromatic rings. The molecule has 4 heterocycles. The molecule has 1 aliphatic carbocycles. The first-order chi connectivity index (χ1) is 21.0. The molecule has 2 fully saturated rings. The second-order valence-electron chi connectivity index (χ2n) is 13.4. The zero-order valence-corrected chi connectivity index (χ0v) is 26.3. The number of hydrogen-bond donors (Lipinski definition) is 0. The minimum absolute atomic E-state index is 0.0803. The number of ether oxygens (including phenoxy) is 4. The number of nitrogens with zero attached hydrogens (tertiary/aromatic N) is 4. The van der Waals surface area contributed by atoms with Crippen LogP contribution in [0.4, 0.5) is 13.6 Å². The molecule has 6 rings (SSSR count). The van der Waals surface area contributed by atoms with Crippen LogP contribution in [0, 0.1) is 5.92 Å². The quantitative estimate of drug-likeness (QED) is 0.359. The smallest absolute Gasteiger partial charge is 0.410 e. The molecule has 4 aliphatic rings. The molecule has 0 saturated carbocycles. The molecule has 0 spiro atoms. The Morgan fingerprint density at radius 2 is 2.00 bits per heavy atom. The Labute approximate surface area is 257 Å². The third-order valence-electron chi connectivity index (χ3n) is 9.09. The van der Waals surface area contributed by atoms with Gasteiger partial charge in [-0.3, -0.25) is 4.90 Å². The van der Waals surface area contributed by atoms with Crippen molar-refractivity contribution in [2.75, 3.05) is 33.4 Å². The normalized spacial score (nSPS) is 26.6. The number of likely N-dealkylation sites (tertiary alicyclic amines) is 1. The number of benzene rings is 1. The molecule has 1 aromatic heterocycles. The number of rotatable bonds is 7. The lowest BCUT2D eigenvalue weighted by atomic mass is 9.77. The maximum absolute atomic E-state index is 14.0. The van der Waals surface area contributed by atoms with Gasteiger partial charge < -0.3 is 23.8 Å². The second-order valence-corrected chi connectivity index (χ2v) is 13.4. The highest BCUT2D eigenvalue weighted by atomic mass is 19.3. The summed E-state index contributed by atoms with van der Waals surface area (Å²) in [5.41, 5.74) is 2.67. The standard InChI is InChI=1S/C33H44F2N4O5/c1-20-14-25-23(11-12-27-26(25)16-36-39(27)30-8-6-7-13-42-30)31(38(20)19-29(34)35)24-10-9-21(15-28(24)41-5)43-22-17-37(18-22)32(40)44-33(2,3)4/h9,11-12,15-16,20,22,24,29-31H,6-8,10,13-14,17-19H2,1-5H3/t20-,24?,30?,31+/m1/s1. The molecule has 2 unspecified atom stereocenters. The summed E-state index contributed by atoms with van der Waals surface area (Å²) in [7, 11) is 1.62. The van der Waals surface area contributed by atoms with Gasteiger partial charge in [-0.1, -0.05) is 6.07 Å². The Morgan fingerprint density at radius 3 is 2.68 bits per heavy atom. The van der Waals surface area contributed by atoms with E-state index in [9.17, 15) is 13.6 Å². The monoisotopic (exact) mass is 614 g/mol. The molecule has 9 nitrogen and oxygen atoms in total. The van der Waals surface area contributed by atoms with Gasteiger partial charge in [-0.05, 0) is 83.1 Å². The Morgan fingerprint density at radius 1 is 1.20 bits per heavy atom. The van der Waals surface area contributed by atoms with Gasteiger partial charge in [0.25, 0.3) is 6.43 Å². The minimum atomic E-state index is -2.46. The van der Waals surface area contributed by atoms with Gasteiger partial charge >= 0.3 is 6.09 Å². The summed E-state index contributed by atoms with van der Waals surface area (Å²) in [4.78, 5) is 15.9. The number of carbonyl (C=O) groups is 1. The lowest BCUT2D eigenvalue weighted by Crippen LogP contribution is -2.55. The molecule has 0 N–H and O–H groups in total. The number of methoxy groups -OCH3 is 1. The van der Waals surface area contributed by atoms with Gasteiger partial charge in [0.15, 0.2) is 6.23 Å². The van der Waals surface area contributed by atoms with Crippen LogP contribution < -0.4 is 0 Å². The fourth-order valence-corrected chi connectivity index (χ4v) is 7.04. The molecule has 1 aromatic carbocycles. The molecule has 3 aliphatic heterocycles. The Hall–Kier alpha value is -3.18. The van der Waals surface area contributed by atoms with Gasteiger partial charge in [-0.15, -0.1) is 0 Å². The fourth-order valence-electron chi connectivity index (χ4n) is 7.04. The van der Waals surface area contributed by atoms with Crippen molar-refractivity contribution in [2.24, 2.45) is 5.92 Å². The number of alkyl halides is 2. The average Bonchev–Trinajstić information content (AvgIpc) is 3.39. The largest absolute Gasteiger partial charge is 0.501 e. The Kier molecular flexibility index (Phi) is 8.63. The molecule has 240 valence electrons. The van der Waals surface area contributed by atoms with Gasteiger partial charge in [0.1, 0.15) is 23.2 Å². The van der Waals surface area contributed by atoms with E-state index >= 15 is 0 Å². The Bertz CT molecular complexity index is 1420. The van der Waals surface area contributed by atoms with E-state index in [2.05, 4.69) is 12.1 Å². The highest BCUT2D eigenvalue weighted by molar-refractivity contribution is 5.84. The number of hydrogen-bond acceptors (Lipinski definition) is 7. The van der Waals surface area contributed by atoms with E-state index in [0.29, 0.717) is 37.4 Å². The molecule has 44 heavy (non-hydrogen) atoms. The summed E-state index contributed by atoms with van der Waals surface area (Å²) in [5, 5.41) is 5.79. The van der Waals surface area contributed by atoms with Crippen molar-refractivity contribution in [2.45, 2.75) is 96.2 Å². The van der Waals surface area contributed by atoms with Crippen molar-refractivity contribution >= 4 is 17.0 Å². The third-order valence-corrected chi connectivity index (χ3v) is 9.09. The van der Waals surface area contributed by atoms with Crippen molar-refractivity contribution in [3.05, 3.63) is 53.1 Å². The van der Waals surface area contributed by atoms with Crippen molar-refractivity contribution in [3.8, 4) is 0 Å². The third kappa shape index (κ3) is 6.18. The number of carbonyl (C=O) groups excluding carboxylic acids is 1. The van der Waals surface area contributed by atoms with Gasteiger partial charge in [-0.25, -0.2) is 18.3 Å².